The predicted molar refractivity (Wildman–Crippen MR) is 104 cm³/mol. The maximum Gasteiger partial charge on any atom is 0.330 e. The second-order valence-corrected chi connectivity index (χ2v) is 8.04. The number of nitrogens with zero attached hydrogens (tertiary/aromatic N) is 4. The van der Waals surface area contributed by atoms with Gasteiger partial charge in [-0.25, -0.2) is 9.78 Å². The van der Waals surface area contributed by atoms with Crippen LogP contribution in [-0.4, -0.2) is 51.7 Å². The van der Waals surface area contributed by atoms with Crippen LogP contribution in [0.4, 0.5) is 0 Å². The lowest BCUT2D eigenvalue weighted by molar-refractivity contribution is 0.0792. The van der Waals surface area contributed by atoms with Gasteiger partial charge >= 0.3 is 5.69 Å². The lowest BCUT2D eigenvalue weighted by Gasteiger charge is -2.16. The molecule has 0 unspecified atom stereocenters. The summed E-state index contributed by atoms with van der Waals surface area (Å²) in [6.45, 7) is 4.10. The third-order valence-electron chi connectivity index (χ3n) is 5.01. The summed E-state index contributed by atoms with van der Waals surface area (Å²) in [5, 5.41) is 0. The van der Waals surface area contributed by atoms with E-state index in [4.69, 9.17) is 4.74 Å². The Morgan fingerprint density at radius 3 is 2.96 bits per heavy atom. The molecule has 142 valence electrons. The van der Waals surface area contributed by atoms with Gasteiger partial charge in [-0.3, -0.25) is 13.9 Å². The molecule has 3 aromatic heterocycles. The largest absolute Gasteiger partial charge is 0.383 e. The molecule has 0 radical (unpaired) electrons. The van der Waals surface area contributed by atoms with E-state index in [1.165, 1.54) is 11.3 Å². The highest BCUT2D eigenvalue weighted by Gasteiger charge is 2.31. The zero-order valence-electron chi connectivity index (χ0n) is 15.4. The van der Waals surface area contributed by atoms with Gasteiger partial charge in [0.2, 0.25) is 0 Å². The zero-order chi connectivity index (χ0) is 19.0. The molecule has 1 fully saturated rings. The van der Waals surface area contributed by atoms with E-state index in [-0.39, 0.29) is 17.6 Å². The number of pyridine rings is 1. The molecule has 0 saturated carbocycles. The van der Waals surface area contributed by atoms with E-state index in [9.17, 15) is 9.59 Å². The molecule has 0 aliphatic carbocycles. The Balaban J connectivity index is 1.64. The van der Waals surface area contributed by atoms with Crippen LogP contribution in [0.1, 0.15) is 27.0 Å². The van der Waals surface area contributed by atoms with Crippen molar-refractivity contribution in [2.45, 2.75) is 25.9 Å². The number of hydrogen-bond donors (Lipinski definition) is 0. The lowest BCUT2D eigenvalue weighted by atomic mass is 10.2. The Morgan fingerprint density at radius 1 is 1.37 bits per heavy atom. The minimum atomic E-state index is -0.0907. The fourth-order valence-electron chi connectivity index (χ4n) is 3.68. The number of aromatic nitrogens is 3. The van der Waals surface area contributed by atoms with Crippen LogP contribution in [0, 0.1) is 6.92 Å². The van der Waals surface area contributed by atoms with Crippen LogP contribution in [0.3, 0.4) is 0 Å². The van der Waals surface area contributed by atoms with Crippen molar-refractivity contribution in [2.24, 2.45) is 0 Å². The first-order valence-corrected chi connectivity index (χ1v) is 9.82. The SMILES string of the molecule is COCCn1c(=O)n([C@@H]2CCN(C(=O)c3ccc(C)s3)C2)c2ncccc21. The van der Waals surface area contributed by atoms with Gasteiger partial charge < -0.3 is 9.64 Å². The highest BCUT2D eigenvalue weighted by Crippen LogP contribution is 2.27. The van der Waals surface area contributed by atoms with E-state index >= 15 is 0 Å². The summed E-state index contributed by atoms with van der Waals surface area (Å²) in [5.41, 5.74) is 1.38. The first kappa shape index (κ1) is 17.9. The van der Waals surface area contributed by atoms with Gasteiger partial charge in [0.05, 0.1) is 29.6 Å². The molecular weight excluding hydrogens is 364 g/mol. The Labute approximate surface area is 160 Å². The molecular formula is C19H22N4O3S. The van der Waals surface area contributed by atoms with Gasteiger partial charge in [-0.15, -0.1) is 11.3 Å². The van der Waals surface area contributed by atoms with E-state index in [1.54, 1.807) is 22.4 Å². The van der Waals surface area contributed by atoms with Gasteiger partial charge in [-0.05, 0) is 37.6 Å². The van der Waals surface area contributed by atoms with E-state index in [1.807, 2.05) is 36.1 Å². The number of ether oxygens (including phenoxy) is 1. The molecule has 8 heteroatoms. The molecule has 0 bridgehead atoms. The van der Waals surface area contributed by atoms with E-state index in [0.29, 0.717) is 31.9 Å². The molecule has 0 spiro atoms. The maximum absolute atomic E-state index is 13.1. The topological polar surface area (TPSA) is 69.4 Å². The number of thiophene rings is 1. The number of amides is 1. The fourth-order valence-corrected chi connectivity index (χ4v) is 4.51. The first-order chi connectivity index (χ1) is 13.1. The average Bonchev–Trinajstić information content (AvgIpc) is 3.37. The van der Waals surface area contributed by atoms with Crippen LogP contribution in [0.2, 0.25) is 0 Å². The number of fused-ring (bicyclic) bond motifs is 1. The second kappa shape index (κ2) is 7.28. The van der Waals surface area contributed by atoms with Crippen LogP contribution >= 0.6 is 11.3 Å². The second-order valence-electron chi connectivity index (χ2n) is 6.75. The first-order valence-electron chi connectivity index (χ1n) is 9.00. The number of imidazole rings is 1. The molecule has 1 saturated heterocycles. The van der Waals surface area contributed by atoms with Crippen molar-refractivity contribution in [2.75, 3.05) is 26.8 Å². The highest BCUT2D eigenvalue weighted by atomic mass is 32.1. The monoisotopic (exact) mass is 386 g/mol. The zero-order valence-corrected chi connectivity index (χ0v) is 16.2. The summed E-state index contributed by atoms with van der Waals surface area (Å²) < 4.78 is 8.60. The number of likely N-dealkylation sites (tertiary alicyclic amines) is 1. The third kappa shape index (κ3) is 3.19. The Hall–Kier alpha value is -2.45. The smallest absolute Gasteiger partial charge is 0.330 e. The molecule has 3 aromatic rings. The van der Waals surface area contributed by atoms with Crippen LogP contribution in [0.5, 0.6) is 0 Å². The quantitative estimate of drug-likeness (QED) is 0.675. The molecule has 4 rings (SSSR count). The summed E-state index contributed by atoms with van der Waals surface area (Å²) in [4.78, 5) is 34.0. The van der Waals surface area contributed by atoms with Crippen molar-refractivity contribution in [1.82, 2.24) is 19.0 Å². The van der Waals surface area contributed by atoms with Crippen LogP contribution in [0.25, 0.3) is 11.2 Å². The van der Waals surface area contributed by atoms with Crippen molar-refractivity contribution < 1.29 is 9.53 Å². The number of hydrogen-bond acceptors (Lipinski definition) is 5. The highest BCUT2D eigenvalue weighted by molar-refractivity contribution is 7.13. The number of carbonyl (C=O) groups excluding carboxylic acids is 1. The molecule has 1 amide bonds. The summed E-state index contributed by atoms with van der Waals surface area (Å²) in [5.74, 6) is 0.0414. The minimum absolute atomic E-state index is 0.0414. The van der Waals surface area contributed by atoms with Crippen molar-refractivity contribution in [3.63, 3.8) is 0 Å². The van der Waals surface area contributed by atoms with Crippen molar-refractivity contribution >= 4 is 28.4 Å². The van der Waals surface area contributed by atoms with Gasteiger partial charge in [0.15, 0.2) is 5.65 Å². The molecule has 7 nitrogen and oxygen atoms in total. The normalized spacial score (nSPS) is 17.1. The molecule has 1 aliphatic rings. The Kier molecular flexibility index (Phi) is 4.84. The summed E-state index contributed by atoms with van der Waals surface area (Å²) in [6, 6.07) is 7.51. The van der Waals surface area contributed by atoms with Gasteiger partial charge in [0.25, 0.3) is 5.91 Å². The predicted octanol–water partition coefficient (Wildman–Crippen LogP) is 2.30. The van der Waals surface area contributed by atoms with Crippen LogP contribution in [0.15, 0.2) is 35.3 Å². The molecule has 4 heterocycles. The summed E-state index contributed by atoms with van der Waals surface area (Å²) in [7, 11) is 1.62. The van der Waals surface area contributed by atoms with Crippen LogP contribution < -0.4 is 5.69 Å². The molecule has 0 N–H and O–H groups in total. The number of methoxy groups -OCH3 is 1. The van der Waals surface area contributed by atoms with Gasteiger partial charge in [0.1, 0.15) is 0 Å². The number of rotatable bonds is 5. The van der Waals surface area contributed by atoms with E-state index in [2.05, 4.69) is 4.98 Å². The lowest BCUT2D eigenvalue weighted by Crippen LogP contribution is -2.32. The Morgan fingerprint density at radius 2 is 2.22 bits per heavy atom. The standard InChI is InChI=1S/C19H22N4O3S/c1-13-5-6-16(27-13)18(24)21-9-7-14(12-21)23-17-15(4-3-8-20-17)22(19(23)25)10-11-26-2/h3-6,8,14H,7,9-12H2,1-2H3/t14-/m1/s1. The number of aryl methyl sites for hydroxylation is 1. The summed E-state index contributed by atoms with van der Waals surface area (Å²) in [6.07, 6.45) is 2.45. The van der Waals surface area contributed by atoms with Crippen LogP contribution in [-0.2, 0) is 11.3 Å². The minimum Gasteiger partial charge on any atom is -0.383 e. The molecule has 0 aromatic carbocycles. The molecule has 1 atom stereocenters. The summed E-state index contributed by atoms with van der Waals surface area (Å²) >= 11 is 1.51. The van der Waals surface area contributed by atoms with Crippen molar-refractivity contribution in [3.05, 3.63) is 50.7 Å². The van der Waals surface area contributed by atoms with Crippen molar-refractivity contribution in [1.29, 1.82) is 0 Å². The molecule has 27 heavy (non-hydrogen) atoms. The third-order valence-corrected chi connectivity index (χ3v) is 6.00. The van der Waals surface area contributed by atoms with Gasteiger partial charge in [-0.1, -0.05) is 0 Å². The maximum atomic E-state index is 13.1. The average molecular weight is 386 g/mol. The number of carbonyl (C=O) groups is 1. The van der Waals surface area contributed by atoms with E-state index in [0.717, 1.165) is 21.7 Å². The van der Waals surface area contributed by atoms with Gasteiger partial charge in [-0.2, -0.15) is 0 Å². The Bertz CT molecular complexity index is 1040. The molecule has 1 aliphatic heterocycles. The van der Waals surface area contributed by atoms with Gasteiger partial charge in [0, 0.05) is 31.3 Å². The van der Waals surface area contributed by atoms with E-state index < -0.39 is 0 Å². The van der Waals surface area contributed by atoms with Crippen molar-refractivity contribution in [3.8, 4) is 0 Å². The fraction of sp³-hybridized carbons (Fsp3) is 0.421.